The summed E-state index contributed by atoms with van der Waals surface area (Å²) in [5.74, 6) is 0. The first-order chi connectivity index (χ1) is 12.8. The smallest absolute Gasteiger partial charge is 0.321 e. The van der Waals surface area contributed by atoms with E-state index in [1.165, 1.54) is 0 Å². The number of nitrogens with zero attached hydrogens (tertiary/aromatic N) is 4. The van der Waals surface area contributed by atoms with Crippen molar-refractivity contribution in [3.05, 3.63) is 48.5 Å². The van der Waals surface area contributed by atoms with Crippen molar-refractivity contribution >= 4 is 29.2 Å². The maximum Gasteiger partial charge on any atom is 0.329 e. The molecule has 0 bridgehead atoms. The first kappa shape index (κ1) is 17.0. The summed E-state index contributed by atoms with van der Waals surface area (Å²) in [6, 6.07) is 18.4. The summed E-state index contributed by atoms with van der Waals surface area (Å²) < 4.78 is 0. The van der Waals surface area contributed by atoms with Crippen molar-refractivity contribution in [3.8, 4) is 6.07 Å². The van der Waals surface area contributed by atoms with Gasteiger partial charge >= 0.3 is 6.03 Å². The molecule has 0 spiro atoms. The summed E-state index contributed by atoms with van der Waals surface area (Å²) in [4.78, 5) is 21.6. The Hall–Kier alpha value is -2.49. The lowest BCUT2D eigenvalue weighted by Crippen LogP contribution is -2.52. The summed E-state index contributed by atoms with van der Waals surface area (Å²) in [5, 5.41) is 8.74. The molecule has 0 aliphatic carbocycles. The molecule has 2 aliphatic rings. The normalized spacial score (nSPS) is 16.6. The number of anilines is 2. The molecule has 0 radical (unpaired) electrons. The number of para-hydroxylation sites is 2. The summed E-state index contributed by atoms with van der Waals surface area (Å²) in [7, 11) is 0. The Labute approximate surface area is 157 Å². The number of carbonyl (C=O) groups is 1. The zero-order valence-corrected chi connectivity index (χ0v) is 15.3. The highest BCUT2D eigenvalue weighted by atomic mass is 32.2. The molecule has 6 heteroatoms. The third-order valence-corrected chi connectivity index (χ3v) is 5.94. The van der Waals surface area contributed by atoms with Gasteiger partial charge in [-0.05, 0) is 24.3 Å². The van der Waals surface area contributed by atoms with E-state index < -0.39 is 0 Å². The number of rotatable bonds is 2. The van der Waals surface area contributed by atoms with Gasteiger partial charge in [-0.1, -0.05) is 36.0 Å². The highest BCUT2D eigenvalue weighted by Gasteiger charge is 2.32. The quantitative estimate of drug-likeness (QED) is 0.810. The van der Waals surface area contributed by atoms with Crippen LogP contribution >= 0.6 is 11.8 Å². The number of hydrogen-bond donors (Lipinski definition) is 0. The van der Waals surface area contributed by atoms with E-state index in [1.54, 1.807) is 11.8 Å². The van der Waals surface area contributed by atoms with Gasteiger partial charge in [0.25, 0.3) is 0 Å². The van der Waals surface area contributed by atoms with Gasteiger partial charge in [-0.25, -0.2) is 4.79 Å². The Bertz CT molecular complexity index is 809. The summed E-state index contributed by atoms with van der Waals surface area (Å²) >= 11 is 1.71. The molecule has 2 heterocycles. The number of hydrogen-bond acceptors (Lipinski definition) is 4. The van der Waals surface area contributed by atoms with Gasteiger partial charge in [-0.15, -0.1) is 0 Å². The number of piperazine rings is 1. The van der Waals surface area contributed by atoms with Crippen LogP contribution in [0.1, 0.15) is 6.42 Å². The van der Waals surface area contributed by atoms with Crippen LogP contribution in [0.5, 0.6) is 0 Å². The standard InChI is InChI=1S/C20H20N4OS/c21-10-5-11-22-12-14-23(15-13-22)20(25)24-16-6-1-3-8-18(16)26-19-9-4-2-7-17(19)24/h1-4,6-9H,5,11-15H2. The third-order valence-electron chi connectivity index (χ3n) is 4.81. The molecule has 0 atom stereocenters. The Kier molecular flexibility index (Phi) is 4.83. The average molecular weight is 364 g/mol. The van der Waals surface area contributed by atoms with Crippen LogP contribution in [-0.2, 0) is 0 Å². The molecule has 2 aliphatic heterocycles. The minimum absolute atomic E-state index is 0.0325. The first-order valence-electron chi connectivity index (χ1n) is 8.82. The van der Waals surface area contributed by atoms with E-state index in [9.17, 15) is 4.79 Å². The Balaban J connectivity index is 1.58. The van der Waals surface area contributed by atoms with Crippen molar-refractivity contribution in [2.24, 2.45) is 0 Å². The maximum absolute atomic E-state index is 13.4. The molecule has 0 N–H and O–H groups in total. The van der Waals surface area contributed by atoms with Crippen molar-refractivity contribution in [3.63, 3.8) is 0 Å². The zero-order chi connectivity index (χ0) is 17.9. The van der Waals surface area contributed by atoms with E-state index in [2.05, 4.69) is 23.1 Å². The van der Waals surface area contributed by atoms with E-state index >= 15 is 0 Å². The van der Waals surface area contributed by atoms with Gasteiger partial charge in [0, 0.05) is 48.9 Å². The van der Waals surface area contributed by atoms with Gasteiger partial charge in [0.05, 0.1) is 17.4 Å². The molecule has 2 aromatic carbocycles. The minimum atomic E-state index is 0.0325. The third kappa shape index (κ3) is 3.16. The van der Waals surface area contributed by atoms with Gasteiger partial charge in [0.15, 0.2) is 0 Å². The number of benzene rings is 2. The fourth-order valence-corrected chi connectivity index (χ4v) is 4.48. The highest BCUT2D eigenvalue weighted by molar-refractivity contribution is 7.99. The van der Waals surface area contributed by atoms with Crippen LogP contribution in [0.4, 0.5) is 16.2 Å². The van der Waals surface area contributed by atoms with Crippen LogP contribution in [-0.4, -0.2) is 48.6 Å². The molecule has 0 saturated carbocycles. The molecule has 0 unspecified atom stereocenters. The minimum Gasteiger partial charge on any atom is -0.321 e. The van der Waals surface area contributed by atoms with Crippen molar-refractivity contribution in [2.45, 2.75) is 16.2 Å². The molecule has 0 aromatic heterocycles. The van der Waals surface area contributed by atoms with E-state index in [1.807, 2.05) is 46.2 Å². The van der Waals surface area contributed by atoms with Gasteiger partial charge in [-0.3, -0.25) is 9.80 Å². The Morgan fingerprint density at radius 3 is 2.12 bits per heavy atom. The lowest BCUT2D eigenvalue weighted by molar-refractivity contribution is 0.146. The molecule has 1 fully saturated rings. The molecule has 26 heavy (non-hydrogen) atoms. The maximum atomic E-state index is 13.4. The van der Waals surface area contributed by atoms with Crippen molar-refractivity contribution < 1.29 is 4.79 Å². The van der Waals surface area contributed by atoms with Crippen LogP contribution in [0.25, 0.3) is 0 Å². The second-order valence-electron chi connectivity index (χ2n) is 6.39. The molecule has 132 valence electrons. The van der Waals surface area contributed by atoms with E-state index in [4.69, 9.17) is 5.26 Å². The van der Waals surface area contributed by atoms with E-state index in [-0.39, 0.29) is 6.03 Å². The number of amides is 2. The molecule has 1 saturated heterocycles. The average Bonchev–Trinajstić information content (AvgIpc) is 2.70. The second-order valence-corrected chi connectivity index (χ2v) is 7.48. The van der Waals surface area contributed by atoms with Gasteiger partial charge < -0.3 is 4.90 Å². The molecule has 2 amide bonds. The Morgan fingerprint density at radius 2 is 1.54 bits per heavy atom. The van der Waals surface area contributed by atoms with Gasteiger partial charge in [0.1, 0.15) is 0 Å². The molecule has 2 aromatic rings. The molecular weight excluding hydrogens is 344 g/mol. The number of urea groups is 1. The van der Waals surface area contributed by atoms with Gasteiger partial charge in [-0.2, -0.15) is 5.26 Å². The molecule has 5 nitrogen and oxygen atoms in total. The first-order valence-corrected chi connectivity index (χ1v) is 9.64. The summed E-state index contributed by atoms with van der Waals surface area (Å²) in [6.45, 7) is 3.81. The number of nitriles is 1. The molecular formula is C20H20N4OS. The van der Waals surface area contributed by atoms with Crippen LogP contribution < -0.4 is 4.90 Å². The zero-order valence-electron chi connectivity index (χ0n) is 14.5. The summed E-state index contributed by atoms with van der Waals surface area (Å²) in [5.41, 5.74) is 1.90. The lowest BCUT2D eigenvalue weighted by atomic mass is 10.2. The van der Waals surface area contributed by atoms with Crippen LogP contribution in [0, 0.1) is 11.3 Å². The van der Waals surface area contributed by atoms with Crippen LogP contribution in [0.3, 0.4) is 0 Å². The Morgan fingerprint density at radius 1 is 0.962 bits per heavy atom. The van der Waals surface area contributed by atoms with Crippen molar-refractivity contribution in [1.82, 2.24) is 9.80 Å². The topological polar surface area (TPSA) is 50.6 Å². The fourth-order valence-electron chi connectivity index (χ4n) is 3.42. The highest BCUT2D eigenvalue weighted by Crippen LogP contribution is 2.48. The lowest BCUT2D eigenvalue weighted by Gasteiger charge is -2.39. The number of fused-ring (bicyclic) bond motifs is 2. The largest absolute Gasteiger partial charge is 0.329 e. The van der Waals surface area contributed by atoms with Crippen LogP contribution in [0.2, 0.25) is 0 Å². The van der Waals surface area contributed by atoms with E-state index in [0.29, 0.717) is 19.5 Å². The van der Waals surface area contributed by atoms with Crippen molar-refractivity contribution in [1.29, 1.82) is 5.26 Å². The fraction of sp³-hybridized carbons (Fsp3) is 0.300. The SMILES string of the molecule is N#CCCN1CCN(C(=O)N2c3ccccc3Sc3ccccc32)CC1. The van der Waals surface area contributed by atoms with Crippen LogP contribution in [0.15, 0.2) is 58.3 Å². The monoisotopic (exact) mass is 364 g/mol. The summed E-state index contributed by atoms with van der Waals surface area (Å²) in [6.07, 6.45) is 0.540. The predicted octanol–water partition coefficient (Wildman–Crippen LogP) is 3.94. The predicted molar refractivity (Wildman–Crippen MR) is 103 cm³/mol. The second kappa shape index (κ2) is 7.40. The number of carbonyl (C=O) groups excluding carboxylic acids is 1. The van der Waals surface area contributed by atoms with Gasteiger partial charge in [0.2, 0.25) is 0 Å². The van der Waals surface area contributed by atoms with E-state index in [0.717, 1.165) is 40.8 Å². The van der Waals surface area contributed by atoms with Crippen molar-refractivity contribution in [2.75, 3.05) is 37.6 Å². The molecule has 4 rings (SSSR count).